The Morgan fingerprint density at radius 3 is 2.44 bits per heavy atom. The van der Waals surface area contributed by atoms with Gasteiger partial charge in [0.15, 0.2) is 0 Å². The van der Waals surface area contributed by atoms with Gasteiger partial charge < -0.3 is 5.32 Å². The number of likely N-dealkylation sites (tertiary alicyclic amines) is 1. The summed E-state index contributed by atoms with van der Waals surface area (Å²) in [5.74, 6) is 1.77. The van der Waals surface area contributed by atoms with Crippen molar-refractivity contribution in [3.63, 3.8) is 0 Å². The van der Waals surface area contributed by atoms with Gasteiger partial charge in [-0.1, -0.05) is 20.8 Å². The van der Waals surface area contributed by atoms with E-state index in [1.165, 1.54) is 38.8 Å². The van der Waals surface area contributed by atoms with E-state index in [0.717, 1.165) is 30.5 Å². The zero-order valence-corrected chi connectivity index (χ0v) is 11.2. The molecule has 0 aromatic rings. The fraction of sp³-hybridized carbons (Fsp3) is 1.00. The maximum Gasteiger partial charge on any atom is 0.0275 e. The minimum absolute atomic E-state index is 0.738. The van der Waals surface area contributed by atoms with E-state index in [1.807, 2.05) is 0 Å². The van der Waals surface area contributed by atoms with Crippen molar-refractivity contribution in [3.05, 3.63) is 0 Å². The number of nitrogens with one attached hydrogen (secondary N) is 1. The van der Waals surface area contributed by atoms with Crippen LogP contribution in [0.5, 0.6) is 0 Å². The first-order valence-electron chi connectivity index (χ1n) is 7.19. The zero-order chi connectivity index (χ0) is 11.5. The van der Waals surface area contributed by atoms with Crippen LogP contribution >= 0.6 is 0 Å². The van der Waals surface area contributed by atoms with Crippen LogP contribution in [0.4, 0.5) is 0 Å². The van der Waals surface area contributed by atoms with E-state index >= 15 is 0 Å². The first-order chi connectivity index (χ1) is 7.72. The van der Waals surface area contributed by atoms with Gasteiger partial charge in [-0.3, -0.25) is 4.90 Å². The Kier molecular flexibility index (Phi) is 4.26. The molecule has 4 unspecified atom stereocenters. The lowest BCUT2D eigenvalue weighted by Crippen LogP contribution is -2.55. The first kappa shape index (κ1) is 12.4. The quantitative estimate of drug-likeness (QED) is 0.792. The summed E-state index contributed by atoms with van der Waals surface area (Å²) in [6.07, 6.45) is 5.62. The molecule has 0 radical (unpaired) electrons. The summed E-state index contributed by atoms with van der Waals surface area (Å²) in [6, 6.07) is 1.54. The third-order valence-electron chi connectivity index (χ3n) is 4.45. The summed E-state index contributed by atoms with van der Waals surface area (Å²) < 4.78 is 0. The Morgan fingerprint density at radius 1 is 1.12 bits per heavy atom. The van der Waals surface area contributed by atoms with Gasteiger partial charge >= 0.3 is 0 Å². The van der Waals surface area contributed by atoms with Crippen LogP contribution in [0.25, 0.3) is 0 Å². The van der Waals surface area contributed by atoms with Gasteiger partial charge in [-0.05, 0) is 57.2 Å². The third-order valence-corrected chi connectivity index (χ3v) is 4.45. The van der Waals surface area contributed by atoms with E-state index in [1.54, 1.807) is 0 Å². The molecule has 4 atom stereocenters. The molecule has 2 fully saturated rings. The van der Waals surface area contributed by atoms with Gasteiger partial charge in [0.05, 0.1) is 0 Å². The van der Waals surface area contributed by atoms with Crippen molar-refractivity contribution < 1.29 is 0 Å². The number of hydrogen-bond donors (Lipinski definition) is 1. The summed E-state index contributed by atoms with van der Waals surface area (Å²) in [6.45, 7) is 10.9. The number of likely N-dealkylation sites (N-methyl/N-ethyl adjacent to an activating group) is 1. The van der Waals surface area contributed by atoms with E-state index < -0.39 is 0 Å². The Labute approximate surface area is 101 Å². The van der Waals surface area contributed by atoms with Crippen molar-refractivity contribution in [1.82, 2.24) is 10.2 Å². The van der Waals surface area contributed by atoms with Crippen LogP contribution < -0.4 is 5.32 Å². The van der Waals surface area contributed by atoms with Gasteiger partial charge in [0.25, 0.3) is 0 Å². The van der Waals surface area contributed by atoms with E-state index in [4.69, 9.17) is 0 Å². The monoisotopic (exact) mass is 224 g/mol. The minimum Gasteiger partial charge on any atom is -0.313 e. The summed E-state index contributed by atoms with van der Waals surface area (Å²) in [5.41, 5.74) is 0. The van der Waals surface area contributed by atoms with Crippen molar-refractivity contribution in [1.29, 1.82) is 0 Å². The van der Waals surface area contributed by atoms with Crippen LogP contribution in [-0.2, 0) is 0 Å². The van der Waals surface area contributed by atoms with Crippen molar-refractivity contribution in [2.24, 2.45) is 11.8 Å². The van der Waals surface area contributed by atoms with E-state index in [-0.39, 0.29) is 0 Å². The predicted molar refractivity (Wildman–Crippen MR) is 69.6 cm³/mol. The Hall–Kier alpha value is -0.0800. The Balaban J connectivity index is 2.03. The van der Waals surface area contributed by atoms with Crippen molar-refractivity contribution in [2.75, 3.05) is 19.6 Å². The van der Waals surface area contributed by atoms with E-state index in [0.29, 0.717) is 0 Å². The lowest BCUT2D eigenvalue weighted by atomic mass is 9.76. The van der Waals surface area contributed by atoms with Crippen LogP contribution in [0, 0.1) is 11.8 Å². The fourth-order valence-electron chi connectivity index (χ4n) is 3.96. The number of nitrogens with zero attached hydrogens (tertiary/aromatic N) is 1. The summed E-state index contributed by atoms with van der Waals surface area (Å²) in [4.78, 5) is 2.75. The second-order valence-electron chi connectivity index (χ2n) is 5.95. The molecule has 2 nitrogen and oxygen atoms in total. The summed E-state index contributed by atoms with van der Waals surface area (Å²) >= 11 is 0. The van der Waals surface area contributed by atoms with Gasteiger partial charge in [0, 0.05) is 12.1 Å². The molecule has 2 heteroatoms. The predicted octanol–water partition coefficient (Wildman–Crippen LogP) is 2.49. The fourth-order valence-corrected chi connectivity index (χ4v) is 3.96. The standard InChI is InChI=1S/C14H28N2/c1-4-15-13-10-11(2)9-12(3)14(13)16-7-5-6-8-16/h11-15H,4-10H2,1-3H3. The number of hydrogen-bond acceptors (Lipinski definition) is 2. The Bertz CT molecular complexity index is 211. The lowest BCUT2D eigenvalue weighted by molar-refractivity contribution is 0.0797. The third kappa shape index (κ3) is 2.60. The molecule has 16 heavy (non-hydrogen) atoms. The normalized spacial score (nSPS) is 41.4. The van der Waals surface area contributed by atoms with Crippen molar-refractivity contribution >= 4 is 0 Å². The first-order valence-corrected chi connectivity index (χ1v) is 7.19. The topological polar surface area (TPSA) is 15.3 Å². The maximum absolute atomic E-state index is 3.73. The molecule has 0 aromatic carbocycles. The molecule has 0 amide bonds. The smallest absolute Gasteiger partial charge is 0.0275 e. The van der Waals surface area contributed by atoms with Gasteiger partial charge in [0.1, 0.15) is 0 Å². The molecular weight excluding hydrogens is 196 g/mol. The summed E-state index contributed by atoms with van der Waals surface area (Å²) in [7, 11) is 0. The molecule has 2 rings (SSSR count). The molecular formula is C14H28N2. The SMILES string of the molecule is CCNC1CC(C)CC(C)C1N1CCCC1. The molecule has 0 spiro atoms. The molecule has 0 aromatic heterocycles. The molecule has 94 valence electrons. The van der Waals surface area contributed by atoms with Gasteiger partial charge in [0.2, 0.25) is 0 Å². The average Bonchev–Trinajstić information content (AvgIpc) is 2.70. The second-order valence-corrected chi connectivity index (χ2v) is 5.95. The largest absolute Gasteiger partial charge is 0.313 e. The van der Waals surface area contributed by atoms with Gasteiger partial charge in [-0.2, -0.15) is 0 Å². The highest BCUT2D eigenvalue weighted by Gasteiger charge is 2.37. The van der Waals surface area contributed by atoms with Crippen LogP contribution in [0.15, 0.2) is 0 Å². The molecule has 1 saturated carbocycles. The van der Waals surface area contributed by atoms with Crippen molar-refractivity contribution in [2.45, 2.75) is 58.5 Å². The molecule has 0 bridgehead atoms. The highest BCUT2D eigenvalue weighted by Crippen LogP contribution is 2.33. The molecule has 1 saturated heterocycles. The maximum atomic E-state index is 3.73. The number of rotatable bonds is 3. The second kappa shape index (κ2) is 5.50. The van der Waals surface area contributed by atoms with Crippen LogP contribution in [0.3, 0.4) is 0 Å². The van der Waals surface area contributed by atoms with E-state index in [9.17, 15) is 0 Å². The summed E-state index contributed by atoms with van der Waals surface area (Å²) in [5, 5.41) is 3.73. The van der Waals surface area contributed by atoms with Crippen LogP contribution in [0.2, 0.25) is 0 Å². The minimum atomic E-state index is 0.738. The molecule has 1 N–H and O–H groups in total. The highest BCUT2D eigenvalue weighted by atomic mass is 15.2. The molecule has 2 aliphatic rings. The zero-order valence-electron chi connectivity index (χ0n) is 11.2. The molecule has 1 heterocycles. The van der Waals surface area contributed by atoms with Gasteiger partial charge in [-0.15, -0.1) is 0 Å². The lowest BCUT2D eigenvalue weighted by Gasteiger charge is -2.44. The van der Waals surface area contributed by atoms with E-state index in [2.05, 4.69) is 31.0 Å². The van der Waals surface area contributed by atoms with Crippen LogP contribution in [-0.4, -0.2) is 36.6 Å². The van der Waals surface area contributed by atoms with Crippen LogP contribution in [0.1, 0.15) is 46.5 Å². The van der Waals surface area contributed by atoms with Gasteiger partial charge in [-0.25, -0.2) is 0 Å². The molecule has 1 aliphatic carbocycles. The highest BCUT2D eigenvalue weighted by molar-refractivity contribution is 4.95. The Morgan fingerprint density at radius 2 is 1.81 bits per heavy atom. The van der Waals surface area contributed by atoms with Crippen molar-refractivity contribution in [3.8, 4) is 0 Å². The molecule has 1 aliphatic heterocycles. The average molecular weight is 224 g/mol.